The maximum Gasteiger partial charge on any atom is 0.0394 e. The summed E-state index contributed by atoms with van der Waals surface area (Å²) >= 11 is 0. The van der Waals surface area contributed by atoms with Crippen LogP contribution in [0.3, 0.4) is 0 Å². The molecule has 2 nitrogen and oxygen atoms in total. The van der Waals surface area contributed by atoms with E-state index in [2.05, 4.69) is 37.9 Å². The molecule has 0 aliphatic heterocycles. The molecule has 0 atom stereocenters. The lowest BCUT2D eigenvalue weighted by atomic mass is 9.97. The normalized spacial score (nSPS) is 11.0. The average molecular weight is 401 g/mol. The minimum Gasteiger partial charge on any atom is -0.398 e. The quantitative estimate of drug-likeness (QED) is 0.191. The van der Waals surface area contributed by atoms with E-state index in [1.54, 1.807) is 0 Å². The van der Waals surface area contributed by atoms with Gasteiger partial charge in [0.1, 0.15) is 0 Å². The first-order chi connectivity index (χ1) is 14.1. The molecule has 0 amide bonds. The van der Waals surface area contributed by atoms with Crippen molar-refractivity contribution in [1.29, 1.82) is 0 Å². The van der Waals surface area contributed by atoms with Crippen molar-refractivity contribution in [1.82, 2.24) is 0 Å². The number of nitrogen functional groups attached to an aromatic ring is 1. The third-order valence-electron chi connectivity index (χ3n) is 6.21. The van der Waals surface area contributed by atoms with Gasteiger partial charge in [0, 0.05) is 18.4 Å². The van der Waals surface area contributed by atoms with Gasteiger partial charge in [-0.2, -0.15) is 0 Å². The molecule has 0 aliphatic rings. The van der Waals surface area contributed by atoms with Gasteiger partial charge in [-0.05, 0) is 48.6 Å². The smallest absolute Gasteiger partial charge is 0.0394 e. The molecular weight excluding hydrogens is 352 g/mol. The Labute approximate surface area is 181 Å². The maximum absolute atomic E-state index is 6.14. The van der Waals surface area contributed by atoms with Crippen molar-refractivity contribution >= 4 is 16.9 Å². The Kier molecular flexibility index (Phi) is 14.4. The third-order valence-corrected chi connectivity index (χ3v) is 6.21. The molecule has 0 bridgehead atoms. The zero-order chi connectivity index (χ0) is 21.3. The standard InChI is InChI=1S/C27H48N2/c1-5-6-7-8-9-10-11-12-13-14-15-16-17-18-19-20-23(2)25-21-26(28)24(3)27(22-25)29-4/h21-22,29H,2,5-20,28H2,1,3-4H3. The molecule has 0 unspecified atom stereocenters. The average Bonchev–Trinajstić information content (AvgIpc) is 2.72. The van der Waals surface area contributed by atoms with Gasteiger partial charge in [0.2, 0.25) is 0 Å². The second kappa shape index (κ2) is 16.4. The highest BCUT2D eigenvalue weighted by molar-refractivity contribution is 5.74. The highest BCUT2D eigenvalue weighted by Gasteiger charge is 2.06. The van der Waals surface area contributed by atoms with E-state index in [-0.39, 0.29) is 0 Å². The Morgan fingerprint density at radius 2 is 1.24 bits per heavy atom. The van der Waals surface area contributed by atoms with E-state index < -0.39 is 0 Å². The summed E-state index contributed by atoms with van der Waals surface area (Å²) in [5.41, 5.74) is 11.6. The molecule has 166 valence electrons. The van der Waals surface area contributed by atoms with Crippen molar-refractivity contribution in [3.8, 4) is 0 Å². The largest absolute Gasteiger partial charge is 0.398 e. The lowest BCUT2D eigenvalue weighted by Gasteiger charge is -2.13. The highest BCUT2D eigenvalue weighted by Crippen LogP contribution is 2.29. The van der Waals surface area contributed by atoms with E-state index in [1.165, 1.54) is 107 Å². The molecular formula is C27H48N2. The number of anilines is 2. The van der Waals surface area contributed by atoms with Crippen LogP contribution in [-0.2, 0) is 0 Å². The second-order valence-corrected chi connectivity index (χ2v) is 8.79. The Bertz CT molecular complexity index is 562. The van der Waals surface area contributed by atoms with E-state index in [0.717, 1.165) is 23.4 Å². The summed E-state index contributed by atoms with van der Waals surface area (Å²) in [6.45, 7) is 8.64. The van der Waals surface area contributed by atoms with Gasteiger partial charge >= 0.3 is 0 Å². The minimum atomic E-state index is 0.851. The molecule has 0 saturated heterocycles. The predicted molar refractivity (Wildman–Crippen MR) is 134 cm³/mol. The van der Waals surface area contributed by atoms with Crippen LogP contribution < -0.4 is 11.1 Å². The van der Waals surface area contributed by atoms with Crippen LogP contribution in [-0.4, -0.2) is 7.05 Å². The van der Waals surface area contributed by atoms with E-state index >= 15 is 0 Å². The summed E-state index contributed by atoms with van der Waals surface area (Å²) in [5, 5.41) is 3.23. The number of nitrogens with two attached hydrogens (primary N) is 1. The van der Waals surface area contributed by atoms with Crippen LogP contribution in [0.2, 0.25) is 0 Å². The zero-order valence-electron chi connectivity index (χ0n) is 19.8. The first-order valence-electron chi connectivity index (χ1n) is 12.4. The summed E-state index contributed by atoms with van der Waals surface area (Å²) in [7, 11) is 1.95. The van der Waals surface area contributed by atoms with Gasteiger partial charge in [0.05, 0.1) is 0 Å². The fourth-order valence-corrected chi connectivity index (χ4v) is 4.05. The van der Waals surface area contributed by atoms with Crippen LogP contribution in [0.4, 0.5) is 11.4 Å². The topological polar surface area (TPSA) is 38.0 Å². The lowest BCUT2D eigenvalue weighted by Crippen LogP contribution is -1.99. The molecule has 0 saturated carbocycles. The lowest BCUT2D eigenvalue weighted by molar-refractivity contribution is 0.533. The van der Waals surface area contributed by atoms with Crippen molar-refractivity contribution in [2.24, 2.45) is 0 Å². The third kappa shape index (κ3) is 11.4. The summed E-state index contributed by atoms with van der Waals surface area (Å²) in [4.78, 5) is 0. The predicted octanol–water partition coefficient (Wildman–Crippen LogP) is 8.89. The van der Waals surface area contributed by atoms with Crippen molar-refractivity contribution in [3.63, 3.8) is 0 Å². The molecule has 0 spiro atoms. The SMILES string of the molecule is C=C(CCCCCCCCCCCCCCCCC)c1cc(N)c(C)c(NC)c1. The van der Waals surface area contributed by atoms with Gasteiger partial charge in [-0.25, -0.2) is 0 Å². The fourth-order valence-electron chi connectivity index (χ4n) is 4.05. The number of nitrogens with one attached hydrogen (secondary N) is 1. The van der Waals surface area contributed by atoms with Gasteiger partial charge in [-0.15, -0.1) is 0 Å². The van der Waals surface area contributed by atoms with Gasteiger partial charge < -0.3 is 11.1 Å². The molecule has 0 aliphatic carbocycles. The first-order valence-corrected chi connectivity index (χ1v) is 12.4. The molecule has 29 heavy (non-hydrogen) atoms. The van der Waals surface area contributed by atoms with Crippen LogP contribution in [0.5, 0.6) is 0 Å². The van der Waals surface area contributed by atoms with E-state index in [4.69, 9.17) is 5.73 Å². The second-order valence-electron chi connectivity index (χ2n) is 8.79. The number of rotatable bonds is 18. The molecule has 0 heterocycles. The number of benzene rings is 1. The zero-order valence-corrected chi connectivity index (χ0v) is 19.8. The van der Waals surface area contributed by atoms with Crippen LogP contribution in [0, 0.1) is 6.92 Å². The summed E-state index contributed by atoms with van der Waals surface area (Å²) in [5.74, 6) is 0. The van der Waals surface area contributed by atoms with E-state index in [1.807, 2.05) is 7.05 Å². The molecule has 2 heteroatoms. The van der Waals surface area contributed by atoms with Crippen LogP contribution in [0.1, 0.15) is 121 Å². The first kappa shape index (κ1) is 25.6. The molecule has 3 N–H and O–H groups in total. The van der Waals surface area contributed by atoms with Crippen molar-refractivity contribution in [3.05, 3.63) is 29.8 Å². The number of unbranched alkanes of at least 4 members (excludes halogenated alkanes) is 14. The molecule has 1 rings (SSSR count). The van der Waals surface area contributed by atoms with Gasteiger partial charge in [-0.1, -0.05) is 103 Å². The van der Waals surface area contributed by atoms with Gasteiger partial charge in [-0.3, -0.25) is 0 Å². The summed E-state index contributed by atoms with van der Waals surface area (Å²) < 4.78 is 0. The van der Waals surface area contributed by atoms with Crippen LogP contribution >= 0.6 is 0 Å². The molecule has 1 aromatic carbocycles. The van der Waals surface area contributed by atoms with Crippen molar-refractivity contribution in [2.75, 3.05) is 18.1 Å². The fraction of sp³-hybridized carbons (Fsp3) is 0.704. The van der Waals surface area contributed by atoms with Crippen molar-refractivity contribution < 1.29 is 0 Å². The Morgan fingerprint density at radius 1 is 0.793 bits per heavy atom. The maximum atomic E-state index is 6.14. The number of hydrogen-bond donors (Lipinski definition) is 2. The number of allylic oxidation sites excluding steroid dienone is 1. The summed E-state index contributed by atoms with van der Waals surface area (Å²) in [6.07, 6.45) is 22.1. The Balaban J connectivity index is 1.98. The summed E-state index contributed by atoms with van der Waals surface area (Å²) in [6, 6.07) is 4.25. The molecule has 0 aromatic heterocycles. The minimum absolute atomic E-state index is 0.851. The molecule has 1 aromatic rings. The van der Waals surface area contributed by atoms with Gasteiger partial charge in [0.25, 0.3) is 0 Å². The van der Waals surface area contributed by atoms with Crippen LogP contribution in [0.15, 0.2) is 18.7 Å². The molecule has 0 radical (unpaired) electrons. The van der Waals surface area contributed by atoms with E-state index in [0.29, 0.717) is 0 Å². The Morgan fingerprint density at radius 3 is 1.69 bits per heavy atom. The van der Waals surface area contributed by atoms with Gasteiger partial charge in [0.15, 0.2) is 0 Å². The monoisotopic (exact) mass is 400 g/mol. The van der Waals surface area contributed by atoms with E-state index in [9.17, 15) is 0 Å². The molecule has 0 fully saturated rings. The van der Waals surface area contributed by atoms with Crippen LogP contribution in [0.25, 0.3) is 5.57 Å². The number of hydrogen-bond acceptors (Lipinski definition) is 2. The Hall–Kier alpha value is -1.44. The highest BCUT2D eigenvalue weighted by atomic mass is 14.8. The van der Waals surface area contributed by atoms with Crippen molar-refractivity contribution in [2.45, 2.75) is 117 Å².